The van der Waals surface area contributed by atoms with Crippen LogP contribution in [0.4, 0.5) is 8.78 Å². The van der Waals surface area contributed by atoms with Crippen LogP contribution in [0.3, 0.4) is 0 Å². The number of alkyl halides is 2. The first kappa shape index (κ1) is 12.3. The summed E-state index contributed by atoms with van der Waals surface area (Å²) >= 11 is 0. The first-order valence-electron chi connectivity index (χ1n) is 4.17. The summed E-state index contributed by atoms with van der Waals surface area (Å²) in [5, 5.41) is 8.48. The van der Waals surface area contributed by atoms with E-state index in [-0.39, 0.29) is 19.0 Å². The van der Waals surface area contributed by atoms with E-state index >= 15 is 0 Å². The van der Waals surface area contributed by atoms with Gasteiger partial charge in [-0.05, 0) is 13.5 Å². The van der Waals surface area contributed by atoms with Crippen LogP contribution in [0.1, 0.15) is 19.8 Å². The molecular formula is C8H15F2NO2. The maximum atomic E-state index is 11.9. The standard InChI is InChI=1S/C8H15F2NO2/c1-3-6(4-8(12)13)11(2)5-7(9)10/h6-7H,3-5H2,1-2H3,(H,12,13). The fourth-order valence-corrected chi connectivity index (χ4v) is 1.18. The zero-order valence-electron chi connectivity index (χ0n) is 7.83. The molecule has 0 aliphatic heterocycles. The number of halogens is 2. The summed E-state index contributed by atoms with van der Waals surface area (Å²) in [5.41, 5.74) is 0. The number of carboxylic acids is 1. The molecule has 0 amide bonds. The lowest BCUT2D eigenvalue weighted by Crippen LogP contribution is -2.36. The van der Waals surface area contributed by atoms with Crippen LogP contribution in [0.2, 0.25) is 0 Å². The highest BCUT2D eigenvalue weighted by Crippen LogP contribution is 2.08. The van der Waals surface area contributed by atoms with Crippen LogP contribution in [0.15, 0.2) is 0 Å². The second-order valence-electron chi connectivity index (χ2n) is 2.99. The van der Waals surface area contributed by atoms with E-state index in [0.717, 1.165) is 0 Å². The van der Waals surface area contributed by atoms with Crippen molar-refractivity contribution in [2.24, 2.45) is 0 Å². The van der Waals surface area contributed by atoms with Gasteiger partial charge in [0.1, 0.15) is 0 Å². The highest BCUT2D eigenvalue weighted by molar-refractivity contribution is 5.67. The summed E-state index contributed by atoms with van der Waals surface area (Å²) in [5.74, 6) is -0.951. The molecule has 0 bridgehead atoms. The Kier molecular flexibility index (Phi) is 5.53. The Morgan fingerprint density at radius 1 is 1.54 bits per heavy atom. The second kappa shape index (κ2) is 5.85. The van der Waals surface area contributed by atoms with Gasteiger partial charge in [-0.1, -0.05) is 6.92 Å². The summed E-state index contributed by atoms with van der Waals surface area (Å²) in [6.07, 6.45) is -1.93. The molecule has 0 aromatic rings. The normalized spacial score (nSPS) is 13.7. The predicted octanol–water partition coefficient (Wildman–Crippen LogP) is 1.44. The van der Waals surface area contributed by atoms with Gasteiger partial charge in [-0.25, -0.2) is 8.78 Å². The molecule has 1 unspecified atom stereocenters. The van der Waals surface area contributed by atoms with Crippen LogP contribution in [0.25, 0.3) is 0 Å². The van der Waals surface area contributed by atoms with Crippen molar-refractivity contribution in [3.05, 3.63) is 0 Å². The molecule has 78 valence electrons. The number of carbonyl (C=O) groups is 1. The smallest absolute Gasteiger partial charge is 0.304 e. The maximum absolute atomic E-state index is 11.9. The number of hydrogen-bond acceptors (Lipinski definition) is 2. The fraction of sp³-hybridized carbons (Fsp3) is 0.875. The van der Waals surface area contributed by atoms with Gasteiger partial charge in [0, 0.05) is 6.04 Å². The van der Waals surface area contributed by atoms with Crippen molar-refractivity contribution in [2.45, 2.75) is 32.2 Å². The molecule has 1 N–H and O–H groups in total. The molecule has 0 rings (SSSR count). The second-order valence-corrected chi connectivity index (χ2v) is 2.99. The van der Waals surface area contributed by atoms with E-state index in [1.807, 2.05) is 0 Å². The monoisotopic (exact) mass is 195 g/mol. The zero-order chi connectivity index (χ0) is 10.4. The third-order valence-electron chi connectivity index (χ3n) is 1.93. The molecule has 13 heavy (non-hydrogen) atoms. The molecule has 0 saturated carbocycles. The van der Waals surface area contributed by atoms with E-state index in [0.29, 0.717) is 6.42 Å². The maximum Gasteiger partial charge on any atom is 0.304 e. The average Bonchev–Trinajstić information content (AvgIpc) is 1.98. The van der Waals surface area contributed by atoms with E-state index in [2.05, 4.69) is 0 Å². The summed E-state index contributed by atoms with van der Waals surface area (Å²) in [6, 6.07) is -0.300. The Labute approximate surface area is 76.3 Å². The first-order chi connectivity index (χ1) is 5.97. The van der Waals surface area contributed by atoms with Gasteiger partial charge in [-0.3, -0.25) is 9.69 Å². The van der Waals surface area contributed by atoms with Gasteiger partial charge in [-0.15, -0.1) is 0 Å². The fourth-order valence-electron chi connectivity index (χ4n) is 1.18. The molecule has 0 aliphatic rings. The summed E-state index contributed by atoms with van der Waals surface area (Å²) in [4.78, 5) is 11.7. The van der Waals surface area contributed by atoms with Crippen LogP contribution in [0.5, 0.6) is 0 Å². The van der Waals surface area contributed by atoms with E-state index < -0.39 is 12.4 Å². The largest absolute Gasteiger partial charge is 0.481 e. The lowest BCUT2D eigenvalue weighted by Gasteiger charge is -2.25. The molecule has 5 heteroatoms. The van der Waals surface area contributed by atoms with E-state index in [9.17, 15) is 13.6 Å². The third-order valence-corrected chi connectivity index (χ3v) is 1.93. The van der Waals surface area contributed by atoms with Gasteiger partial charge >= 0.3 is 5.97 Å². The predicted molar refractivity (Wildman–Crippen MR) is 45.0 cm³/mol. The summed E-state index contributed by atoms with van der Waals surface area (Å²) < 4.78 is 23.9. The van der Waals surface area contributed by atoms with Crippen LogP contribution < -0.4 is 0 Å². The average molecular weight is 195 g/mol. The molecule has 0 aliphatic carbocycles. The van der Waals surface area contributed by atoms with E-state index in [4.69, 9.17) is 5.11 Å². The molecule has 0 saturated heterocycles. The first-order valence-corrected chi connectivity index (χ1v) is 4.17. The number of hydrogen-bond donors (Lipinski definition) is 1. The Hall–Kier alpha value is -0.710. The lowest BCUT2D eigenvalue weighted by atomic mass is 10.1. The minimum atomic E-state index is -2.41. The van der Waals surface area contributed by atoms with Crippen molar-refractivity contribution in [2.75, 3.05) is 13.6 Å². The molecule has 3 nitrogen and oxygen atoms in total. The number of carboxylic acid groups (broad SMARTS) is 1. The van der Waals surface area contributed by atoms with Gasteiger partial charge in [0.25, 0.3) is 6.43 Å². The number of aliphatic carboxylic acids is 1. The van der Waals surface area contributed by atoms with E-state index in [1.54, 1.807) is 6.92 Å². The van der Waals surface area contributed by atoms with Crippen LogP contribution in [-0.4, -0.2) is 42.0 Å². The minimum absolute atomic E-state index is 0.0836. The number of nitrogens with zero attached hydrogens (tertiary/aromatic N) is 1. The Morgan fingerprint density at radius 3 is 2.38 bits per heavy atom. The molecule has 0 aromatic heterocycles. The van der Waals surface area contributed by atoms with Crippen molar-refractivity contribution in [1.29, 1.82) is 0 Å². The molecule has 0 spiro atoms. The number of rotatable bonds is 6. The molecule has 0 fully saturated rings. The highest BCUT2D eigenvalue weighted by atomic mass is 19.3. The van der Waals surface area contributed by atoms with Crippen molar-refractivity contribution in [1.82, 2.24) is 4.90 Å². The van der Waals surface area contributed by atoms with Crippen LogP contribution in [-0.2, 0) is 4.79 Å². The third kappa shape index (κ3) is 5.52. The topological polar surface area (TPSA) is 40.5 Å². The Bertz CT molecular complexity index is 164. The Morgan fingerprint density at radius 2 is 2.08 bits per heavy atom. The van der Waals surface area contributed by atoms with Gasteiger partial charge in [0.2, 0.25) is 0 Å². The van der Waals surface area contributed by atoms with Crippen LogP contribution in [0, 0.1) is 0 Å². The van der Waals surface area contributed by atoms with Crippen molar-refractivity contribution >= 4 is 5.97 Å². The van der Waals surface area contributed by atoms with Gasteiger partial charge < -0.3 is 5.11 Å². The van der Waals surface area contributed by atoms with Crippen molar-refractivity contribution in [3.63, 3.8) is 0 Å². The quantitative estimate of drug-likeness (QED) is 0.697. The molecule has 1 atom stereocenters. The van der Waals surface area contributed by atoms with Crippen molar-refractivity contribution in [3.8, 4) is 0 Å². The molecule has 0 aromatic carbocycles. The Balaban J connectivity index is 3.98. The molecular weight excluding hydrogens is 180 g/mol. The minimum Gasteiger partial charge on any atom is -0.481 e. The summed E-state index contributed by atoms with van der Waals surface area (Å²) in [7, 11) is 1.52. The van der Waals surface area contributed by atoms with Gasteiger partial charge in [0.15, 0.2) is 0 Å². The summed E-state index contributed by atoms with van der Waals surface area (Å²) in [6.45, 7) is 1.42. The zero-order valence-corrected chi connectivity index (χ0v) is 7.83. The van der Waals surface area contributed by atoms with Gasteiger partial charge in [-0.2, -0.15) is 0 Å². The SMILES string of the molecule is CCC(CC(=O)O)N(C)CC(F)F. The van der Waals surface area contributed by atoms with Crippen molar-refractivity contribution < 1.29 is 18.7 Å². The molecule has 0 radical (unpaired) electrons. The van der Waals surface area contributed by atoms with Gasteiger partial charge in [0.05, 0.1) is 13.0 Å². The van der Waals surface area contributed by atoms with Crippen LogP contribution >= 0.6 is 0 Å². The van der Waals surface area contributed by atoms with E-state index in [1.165, 1.54) is 11.9 Å². The molecule has 0 heterocycles. The lowest BCUT2D eigenvalue weighted by molar-refractivity contribution is -0.138. The highest BCUT2D eigenvalue weighted by Gasteiger charge is 2.18.